The molecule has 0 saturated heterocycles. The summed E-state index contributed by atoms with van der Waals surface area (Å²) in [7, 11) is 0. The fourth-order valence-electron chi connectivity index (χ4n) is 2.66. The monoisotopic (exact) mass is 279 g/mol. The lowest BCUT2D eigenvalue weighted by atomic mass is 10.2. The molecular formula is C16H10FN3O. The maximum absolute atomic E-state index is 13.4. The van der Waals surface area contributed by atoms with E-state index < -0.39 is 0 Å². The van der Waals surface area contributed by atoms with E-state index in [4.69, 9.17) is 0 Å². The molecule has 0 atom stereocenters. The van der Waals surface area contributed by atoms with Crippen LogP contribution in [0.5, 0.6) is 0 Å². The van der Waals surface area contributed by atoms with Crippen LogP contribution in [0.1, 0.15) is 11.7 Å². The molecule has 2 aromatic carbocycles. The van der Waals surface area contributed by atoms with Crippen molar-refractivity contribution in [1.82, 2.24) is 14.5 Å². The first-order valence-corrected chi connectivity index (χ1v) is 6.52. The molecule has 2 aromatic heterocycles. The Morgan fingerprint density at radius 2 is 1.90 bits per heavy atom. The van der Waals surface area contributed by atoms with Gasteiger partial charge in [-0.05, 0) is 18.2 Å². The predicted molar refractivity (Wildman–Crippen MR) is 78.8 cm³/mol. The molecule has 0 aliphatic carbocycles. The van der Waals surface area contributed by atoms with Gasteiger partial charge in [0, 0.05) is 18.4 Å². The molecule has 0 fully saturated rings. The highest BCUT2D eigenvalue weighted by molar-refractivity contribution is 6.11. The summed E-state index contributed by atoms with van der Waals surface area (Å²) in [6, 6.07) is 11.7. The topological polar surface area (TPSA) is 47.8 Å². The highest BCUT2D eigenvalue weighted by Crippen LogP contribution is 2.28. The van der Waals surface area contributed by atoms with Crippen molar-refractivity contribution >= 4 is 39.0 Å². The smallest absolute Gasteiger partial charge is 0.229 e. The molecule has 0 spiro atoms. The zero-order valence-corrected chi connectivity index (χ0v) is 11.2. The second-order valence-corrected chi connectivity index (χ2v) is 4.90. The van der Waals surface area contributed by atoms with E-state index in [-0.39, 0.29) is 11.7 Å². The lowest BCUT2D eigenvalue weighted by molar-refractivity contribution is 0.0946. The Kier molecular flexibility index (Phi) is 2.33. The third-order valence-corrected chi connectivity index (χ3v) is 3.53. The molecule has 0 saturated carbocycles. The molecule has 0 radical (unpaired) electrons. The van der Waals surface area contributed by atoms with Crippen molar-refractivity contribution in [2.75, 3.05) is 0 Å². The Balaban J connectivity index is 2.28. The molecule has 0 aliphatic heterocycles. The summed E-state index contributed by atoms with van der Waals surface area (Å²) in [5.41, 5.74) is 2.92. The average Bonchev–Trinajstić information content (AvgIpc) is 2.78. The number of hydrogen-bond acceptors (Lipinski definition) is 3. The van der Waals surface area contributed by atoms with E-state index in [0.29, 0.717) is 22.2 Å². The molecule has 4 nitrogen and oxygen atoms in total. The normalized spacial score (nSPS) is 11.5. The molecule has 0 unspecified atom stereocenters. The zero-order valence-electron chi connectivity index (χ0n) is 11.2. The van der Waals surface area contributed by atoms with Gasteiger partial charge >= 0.3 is 0 Å². The number of para-hydroxylation sites is 1. The number of nitrogens with zero attached hydrogens (tertiary/aromatic N) is 3. The standard InChI is InChI=1S/C16H10FN3O/c1-9(21)20-14-5-3-2-4-11(14)15-16(20)19-12-7-6-10(17)8-13(12)18-15/h2-8H,1H3. The van der Waals surface area contributed by atoms with Crippen LogP contribution in [0.15, 0.2) is 42.5 Å². The number of aromatic nitrogens is 3. The van der Waals surface area contributed by atoms with Crippen LogP contribution < -0.4 is 0 Å². The average molecular weight is 279 g/mol. The minimum Gasteiger partial charge on any atom is -0.274 e. The summed E-state index contributed by atoms with van der Waals surface area (Å²) in [5.74, 6) is -0.483. The number of fused-ring (bicyclic) bond motifs is 4. The van der Waals surface area contributed by atoms with E-state index in [1.165, 1.54) is 19.1 Å². The molecule has 0 aliphatic rings. The minimum atomic E-state index is -0.355. The lowest BCUT2D eigenvalue weighted by Crippen LogP contribution is -2.06. The summed E-state index contributed by atoms with van der Waals surface area (Å²) in [6.45, 7) is 1.49. The van der Waals surface area contributed by atoms with Gasteiger partial charge in [0.2, 0.25) is 5.91 Å². The first-order valence-electron chi connectivity index (χ1n) is 6.52. The van der Waals surface area contributed by atoms with Crippen LogP contribution in [0.2, 0.25) is 0 Å². The molecule has 4 aromatic rings. The van der Waals surface area contributed by atoms with Gasteiger partial charge < -0.3 is 0 Å². The van der Waals surface area contributed by atoms with E-state index in [1.807, 2.05) is 24.3 Å². The third-order valence-electron chi connectivity index (χ3n) is 3.53. The fourth-order valence-corrected chi connectivity index (χ4v) is 2.66. The highest BCUT2D eigenvalue weighted by atomic mass is 19.1. The Bertz CT molecular complexity index is 1040. The van der Waals surface area contributed by atoms with Crippen LogP contribution >= 0.6 is 0 Å². The van der Waals surface area contributed by atoms with Crippen molar-refractivity contribution in [3.8, 4) is 0 Å². The molecular weight excluding hydrogens is 269 g/mol. The van der Waals surface area contributed by atoms with Crippen molar-refractivity contribution in [2.24, 2.45) is 0 Å². The van der Waals surface area contributed by atoms with Gasteiger partial charge in [-0.15, -0.1) is 0 Å². The summed E-state index contributed by atoms with van der Waals surface area (Å²) in [4.78, 5) is 20.9. The van der Waals surface area contributed by atoms with Crippen molar-refractivity contribution in [3.05, 3.63) is 48.3 Å². The number of rotatable bonds is 0. The zero-order chi connectivity index (χ0) is 14.6. The van der Waals surface area contributed by atoms with Crippen molar-refractivity contribution in [1.29, 1.82) is 0 Å². The Labute approximate surface area is 118 Å². The summed E-state index contributed by atoms with van der Waals surface area (Å²) >= 11 is 0. The van der Waals surface area contributed by atoms with Gasteiger partial charge in [-0.25, -0.2) is 14.4 Å². The van der Waals surface area contributed by atoms with E-state index >= 15 is 0 Å². The van der Waals surface area contributed by atoms with E-state index in [9.17, 15) is 9.18 Å². The van der Waals surface area contributed by atoms with Crippen LogP contribution in [-0.4, -0.2) is 20.4 Å². The van der Waals surface area contributed by atoms with Crippen LogP contribution in [-0.2, 0) is 0 Å². The van der Waals surface area contributed by atoms with Crippen LogP contribution in [0.25, 0.3) is 33.1 Å². The number of halogens is 1. The van der Waals surface area contributed by atoms with Gasteiger partial charge in [0.25, 0.3) is 0 Å². The summed E-state index contributed by atoms with van der Waals surface area (Å²) < 4.78 is 14.9. The Morgan fingerprint density at radius 3 is 2.71 bits per heavy atom. The first-order chi connectivity index (χ1) is 10.1. The largest absolute Gasteiger partial charge is 0.274 e. The molecule has 0 bridgehead atoms. The van der Waals surface area contributed by atoms with Crippen molar-refractivity contribution in [3.63, 3.8) is 0 Å². The van der Waals surface area contributed by atoms with E-state index in [2.05, 4.69) is 9.97 Å². The van der Waals surface area contributed by atoms with Crippen LogP contribution in [0.3, 0.4) is 0 Å². The summed E-state index contributed by atoms with van der Waals surface area (Å²) in [6.07, 6.45) is 0. The quantitative estimate of drug-likeness (QED) is 0.494. The Morgan fingerprint density at radius 1 is 1.10 bits per heavy atom. The Hall–Kier alpha value is -2.82. The van der Waals surface area contributed by atoms with Gasteiger partial charge in [0.15, 0.2) is 5.65 Å². The number of hydrogen-bond donors (Lipinski definition) is 0. The van der Waals surface area contributed by atoms with Crippen molar-refractivity contribution < 1.29 is 9.18 Å². The number of carbonyl (C=O) groups is 1. The molecule has 21 heavy (non-hydrogen) atoms. The highest BCUT2D eigenvalue weighted by Gasteiger charge is 2.16. The predicted octanol–water partition coefficient (Wildman–Crippen LogP) is 3.54. The molecule has 0 amide bonds. The maximum atomic E-state index is 13.4. The van der Waals surface area contributed by atoms with Gasteiger partial charge in [-0.3, -0.25) is 9.36 Å². The van der Waals surface area contributed by atoms with E-state index in [0.717, 1.165) is 10.9 Å². The van der Waals surface area contributed by atoms with Gasteiger partial charge in [-0.2, -0.15) is 0 Å². The molecule has 5 heteroatoms. The van der Waals surface area contributed by atoms with Gasteiger partial charge in [-0.1, -0.05) is 18.2 Å². The fraction of sp³-hybridized carbons (Fsp3) is 0.0625. The van der Waals surface area contributed by atoms with Gasteiger partial charge in [0.1, 0.15) is 11.3 Å². The number of benzene rings is 2. The molecule has 4 rings (SSSR count). The third kappa shape index (κ3) is 1.64. The molecule has 102 valence electrons. The first kappa shape index (κ1) is 12.0. The minimum absolute atomic E-state index is 0.128. The molecule has 0 N–H and O–H groups in total. The van der Waals surface area contributed by atoms with Crippen LogP contribution in [0, 0.1) is 5.82 Å². The second-order valence-electron chi connectivity index (χ2n) is 4.90. The van der Waals surface area contributed by atoms with Gasteiger partial charge in [0.05, 0.1) is 16.6 Å². The second kappa shape index (κ2) is 4.09. The lowest BCUT2D eigenvalue weighted by Gasteiger charge is -2.01. The van der Waals surface area contributed by atoms with Crippen LogP contribution in [0.4, 0.5) is 4.39 Å². The molecule has 2 heterocycles. The summed E-state index contributed by atoms with van der Waals surface area (Å²) in [5, 5.41) is 0.835. The van der Waals surface area contributed by atoms with Crippen molar-refractivity contribution in [2.45, 2.75) is 6.92 Å². The SMILES string of the molecule is CC(=O)n1c2ccccc2c2nc3cc(F)ccc3nc21. The number of carbonyl (C=O) groups excluding carboxylic acids is 1. The maximum Gasteiger partial charge on any atom is 0.229 e. The van der Waals surface area contributed by atoms with E-state index in [1.54, 1.807) is 10.6 Å².